The van der Waals surface area contributed by atoms with Gasteiger partial charge in [-0.15, -0.1) is 0 Å². The molecule has 0 saturated heterocycles. The number of nitrogens with one attached hydrogen (secondary N) is 1. The highest BCUT2D eigenvalue weighted by atomic mass is 19.1. The van der Waals surface area contributed by atoms with Gasteiger partial charge >= 0.3 is 0 Å². The van der Waals surface area contributed by atoms with E-state index >= 15 is 0 Å². The molecule has 112 valence electrons. The molecule has 2 rings (SSSR count). The third kappa shape index (κ3) is 3.42. The van der Waals surface area contributed by atoms with E-state index in [1.54, 1.807) is 6.07 Å². The molecule has 7 heteroatoms. The van der Waals surface area contributed by atoms with Crippen LogP contribution in [0.5, 0.6) is 0 Å². The number of rotatable bonds is 6. The van der Waals surface area contributed by atoms with Crippen molar-refractivity contribution in [1.82, 2.24) is 19.9 Å². The van der Waals surface area contributed by atoms with Crippen molar-refractivity contribution in [3.63, 3.8) is 0 Å². The van der Waals surface area contributed by atoms with Gasteiger partial charge in [0, 0.05) is 25.8 Å². The average Bonchev–Trinajstić information content (AvgIpc) is 2.49. The number of nitrogens with zero attached hydrogens (tertiary/aromatic N) is 5. The fourth-order valence-corrected chi connectivity index (χ4v) is 1.93. The summed E-state index contributed by atoms with van der Waals surface area (Å²) in [5, 5.41) is 3.05. The maximum absolute atomic E-state index is 13.9. The molecule has 0 saturated carbocycles. The van der Waals surface area contributed by atoms with E-state index in [0.717, 1.165) is 19.3 Å². The van der Waals surface area contributed by atoms with Crippen molar-refractivity contribution in [2.75, 3.05) is 29.9 Å². The van der Waals surface area contributed by atoms with Gasteiger partial charge in [-0.25, -0.2) is 4.39 Å². The first kappa shape index (κ1) is 15.1. The maximum atomic E-state index is 13.9. The molecule has 0 aliphatic carbocycles. The number of halogens is 1. The lowest BCUT2D eigenvalue weighted by Gasteiger charge is -2.19. The molecular formula is C14H19FN6. The lowest BCUT2D eigenvalue weighted by atomic mass is 10.2. The molecule has 2 aromatic rings. The Morgan fingerprint density at radius 2 is 1.90 bits per heavy atom. The topological polar surface area (TPSA) is 66.8 Å². The zero-order valence-electron chi connectivity index (χ0n) is 12.5. The number of hydrogen-bond donors (Lipinski definition) is 1. The third-order valence-electron chi connectivity index (χ3n) is 3.02. The largest absolute Gasteiger partial charge is 0.354 e. The molecule has 0 aromatic carbocycles. The molecule has 0 bridgehead atoms. The van der Waals surface area contributed by atoms with Crippen LogP contribution in [0.3, 0.4) is 0 Å². The van der Waals surface area contributed by atoms with E-state index in [4.69, 9.17) is 0 Å². The zero-order valence-corrected chi connectivity index (χ0v) is 12.5. The van der Waals surface area contributed by atoms with E-state index in [1.807, 2.05) is 25.7 Å². The van der Waals surface area contributed by atoms with Crippen LogP contribution in [0.15, 0.2) is 18.5 Å². The molecule has 0 fully saturated rings. The molecule has 0 amide bonds. The monoisotopic (exact) mass is 290 g/mol. The van der Waals surface area contributed by atoms with Crippen LogP contribution in [0.25, 0.3) is 11.4 Å². The number of anilines is 2. The predicted octanol–water partition coefficient (Wildman–Crippen LogP) is 2.35. The van der Waals surface area contributed by atoms with E-state index < -0.39 is 5.82 Å². The van der Waals surface area contributed by atoms with Gasteiger partial charge in [-0.3, -0.25) is 4.98 Å². The Balaban J connectivity index is 2.52. The van der Waals surface area contributed by atoms with Crippen molar-refractivity contribution in [2.45, 2.75) is 20.8 Å². The van der Waals surface area contributed by atoms with Gasteiger partial charge in [-0.05, 0) is 26.8 Å². The Kier molecular flexibility index (Phi) is 4.97. The van der Waals surface area contributed by atoms with Crippen LogP contribution in [0.1, 0.15) is 20.8 Å². The average molecular weight is 290 g/mol. The molecule has 0 aliphatic heterocycles. The zero-order chi connectivity index (χ0) is 15.2. The van der Waals surface area contributed by atoms with Crippen molar-refractivity contribution in [1.29, 1.82) is 0 Å². The van der Waals surface area contributed by atoms with Gasteiger partial charge in [0.2, 0.25) is 11.9 Å². The molecule has 0 atom stereocenters. The second kappa shape index (κ2) is 6.92. The molecule has 0 spiro atoms. The molecule has 1 N–H and O–H groups in total. The van der Waals surface area contributed by atoms with E-state index in [9.17, 15) is 4.39 Å². The second-order valence-electron chi connectivity index (χ2n) is 4.34. The molecule has 2 heterocycles. The summed E-state index contributed by atoms with van der Waals surface area (Å²) in [5.74, 6) is 0.845. The predicted molar refractivity (Wildman–Crippen MR) is 80.7 cm³/mol. The van der Waals surface area contributed by atoms with E-state index in [0.29, 0.717) is 29.8 Å². The van der Waals surface area contributed by atoms with Crippen LogP contribution in [0.4, 0.5) is 16.3 Å². The Morgan fingerprint density at radius 1 is 1.14 bits per heavy atom. The van der Waals surface area contributed by atoms with Gasteiger partial charge in [0.05, 0.1) is 11.8 Å². The highest BCUT2D eigenvalue weighted by molar-refractivity contribution is 5.58. The Bertz CT molecular complexity index is 600. The fourth-order valence-electron chi connectivity index (χ4n) is 1.93. The molecule has 0 radical (unpaired) electrons. The summed E-state index contributed by atoms with van der Waals surface area (Å²) in [6.45, 7) is 8.21. The third-order valence-corrected chi connectivity index (χ3v) is 3.02. The first-order valence-electron chi connectivity index (χ1n) is 7.04. The van der Waals surface area contributed by atoms with Crippen LogP contribution in [0.2, 0.25) is 0 Å². The Hall–Kier alpha value is -2.31. The minimum Gasteiger partial charge on any atom is -0.354 e. The Morgan fingerprint density at radius 3 is 2.52 bits per heavy atom. The smallest absolute Gasteiger partial charge is 0.230 e. The van der Waals surface area contributed by atoms with Gasteiger partial charge in [0.25, 0.3) is 0 Å². The van der Waals surface area contributed by atoms with Crippen LogP contribution in [-0.4, -0.2) is 39.6 Å². The van der Waals surface area contributed by atoms with Crippen molar-refractivity contribution in [3.05, 3.63) is 24.3 Å². The van der Waals surface area contributed by atoms with Crippen molar-refractivity contribution in [3.8, 4) is 11.4 Å². The highest BCUT2D eigenvalue weighted by Gasteiger charge is 2.14. The number of aromatic nitrogens is 4. The first-order chi connectivity index (χ1) is 10.2. The van der Waals surface area contributed by atoms with Crippen molar-refractivity contribution < 1.29 is 4.39 Å². The van der Waals surface area contributed by atoms with E-state index in [-0.39, 0.29) is 0 Å². The highest BCUT2D eigenvalue weighted by Crippen LogP contribution is 2.21. The van der Waals surface area contributed by atoms with Gasteiger partial charge in [0.1, 0.15) is 0 Å². The van der Waals surface area contributed by atoms with Gasteiger partial charge in [-0.1, -0.05) is 0 Å². The van der Waals surface area contributed by atoms with Crippen LogP contribution in [0, 0.1) is 5.82 Å². The lowest BCUT2D eigenvalue weighted by Crippen LogP contribution is -2.25. The minimum absolute atomic E-state index is 0.308. The Labute approximate surface area is 123 Å². The van der Waals surface area contributed by atoms with Crippen molar-refractivity contribution in [2.24, 2.45) is 0 Å². The quantitative estimate of drug-likeness (QED) is 0.881. The minimum atomic E-state index is -0.448. The molecule has 6 nitrogen and oxygen atoms in total. The van der Waals surface area contributed by atoms with Crippen LogP contribution >= 0.6 is 0 Å². The van der Waals surface area contributed by atoms with Gasteiger partial charge < -0.3 is 10.2 Å². The lowest BCUT2D eigenvalue weighted by molar-refractivity contribution is 0.623. The summed E-state index contributed by atoms with van der Waals surface area (Å²) in [5.41, 5.74) is 0.319. The summed E-state index contributed by atoms with van der Waals surface area (Å²) in [7, 11) is 0. The van der Waals surface area contributed by atoms with Crippen molar-refractivity contribution >= 4 is 11.9 Å². The fraction of sp³-hybridized carbons (Fsp3) is 0.429. The number of hydrogen-bond acceptors (Lipinski definition) is 6. The first-order valence-corrected chi connectivity index (χ1v) is 7.04. The molecule has 0 unspecified atom stereocenters. The van der Waals surface area contributed by atoms with Crippen LogP contribution < -0.4 is 10.2 Å². The van der Waals surface area contributed by atoms with E-state index in [1.165, 1.54) is 6.20 Å². The van der Waals surface area contributed by atoms with Gasteiger partial charge in [0.15, 0.2) is 11.6 Å². The standard InChI is InChI=1S/C14H19FN6/c1-4-17-13-18-12(10-7-8-16-9-11(10)15)19-14(20-13)21(5-2)6-3/h7-9H,4-6H2,1-3H3,(H,17,18,19,20). The normalized spacial score (nSPS) is 10.5. The summed E-state index contributed by atoms with van der Waals surface area (Å²) >= 11 is 0. The SMILES string of the molecule is CCNc1nc(-c2ccncc2F)nc(N(CC)CC)n1. The summed E-state index contributed by atoms with van der Waals surface area (Å²) < 4.78 is 13.9. The molecular weight excluding hydrogens is 271 g/mol. The summed E-state index contributed by atoms with van der Waals surface area (Å²) in [6, 6.07) is 1.56. The molecule has 21 heavy (non-hydrogen) atoms. The second-order valence-corrected chi connectivity index (χ2v) is 4.34. The summed E-state index contributed by atoms with van der Waals surface area (Å²) in [6.07, 6.45) is 2.68. The molecule has 2 aromatic heterocycles. The maximum Gasteiger partial charge on any atom is 0.230 e. The van der Waals surface area contributed by atoms with Crippen LogP contribution in [-0.2, 0) is 0 Å². The molecule has 0 aliphatic rings. The van der Waals surface area contributed by atoms with E-state index in [2.05, 4.69) is 25.3 Å². The summed E-state index contributed by atoms with van der Waals surface area (Å²) in [4.78, 5) is 18.8. The van der Waals surface area contributed by atoms with Gasteiger partial charge in [-0.2, -0.15) is 15.0 Å². The number of pyridine rings is 1.